The molecular formula is C17H22N2O3S2. The van der Waals surface area contributed by atoms with Crippen molar-refractivity contribution in [2.45, 2.75) is 31.4 Å². The molecule has 24 heavy (non-hydrogen) atoms. The highest BCUT2D eigenvalue weighted by molar-refractivity contribution is 7.91. The van der Waals surface area contributed by atoms with Gasteiger partial charge in [-0.2, -0.15) is 0 Å². The van der Waals surface area contributed by atoms with Gasteiger partial charge in [0.25, 0.3) is 10.0 Å². The maximum absolute atomic E-state index is 12.4. The van der Waals surface area contributed by atoms with E-state index in [1.807, 2.05) is 45.0 Å². The summed E-state index contributed by atoms with van der Waals surface area (Å²) in [4.78, 5) is 15.0. The lowest BCUT2D eigenvalue weighted by Crippen LogP contribution is -2.40. The maximum Gasteiger partial charge on any atom is 0.250 e. The highest BCUT2D eigenvalue weighted by Crippen LogP contribution is 2.22. The van der Waals surface area contributed by atoms with Crippen molar-refractivity contribution < 1.29 is 13.2 Å². The highest BCUT2D eigenvalue weighted by Gasteiger charge is 2.20. The van der Waals surface area contributed by atoms with Crippen LogP contribution in [0.2, 0.25) is 0 Å². The minimum Gasteiger partial charge on any atom is -0.312 e. The zero-order chi connectivity index (χ0) is 17.7. The molecule has 2 rings (SSSR count). The summed E-state index contributed by atoms with van der Waals surface area (Å²) in [5, 5.41) is 0. The van der Waals surface area contributed by atoms with Gasteiger partial charge in [0.2, 0.25) is 5.91 Å². The van der Waals surface area contributed by atoms with Crippen molar-refractivity contribution in [3.05, 3.63) is 46.8 Å². The van der Waals surface area contributed by atoms with Crippen molar-refractivity contribution >= 4 is 33.0 Å². The van der Waals surface area contributed by atoms with Gasteiger partial charge in [-0.15, -0.1) is 11.3 Å². The molecule has 0 aliphatic carbocycles. The van der Waals surface area contributed by atoms with Crippen molar-refractivity contribution in [2.24, 2.45) is 0 Å². The average molecular weight is 367 g/mol. The quantitative estimate of drug-likeness (QED) is 0.819. The van der Waals surface area contributed by atoms with E-state index in [4.69, 9.17) is 0 Å². The summed E-state index contributed by atoms with van der Waals surface area (Å²) >= 11 is 1.23. The van der Waals surface area contributed by atoms with Crippen LogP contribution in [0, 0.1) is 6.92 Å². The Kier molecular flexibility index (Phi) is 6.15. The van der Waals surface area contributed by atoms with E-state index in [0.717, 1.165) is 22.5 Å². The maximum atomic E-state index is 12.4. The third-order valence-electron chi connectivity index (χ3n) is 3.59. The van der Waals surface area contributed by atoms with E-state index in [1.54, 1.807) is 17.0 Å². The smallest absolute Gasteiger partial charge is 0.250 e. The average Bonchev–Trinajstić information content (AvgIpc) is 3.04. The van der Waals surface area contributed by atoms with Crippen LogP contribution >= 0.6 is 11.3 Å². The molecule has 1 aromatic carbocycles. The number of hydrogen-bond donors (Lipinski definition) is 1. The minimum absolute atomic E-state index is 0.241. The Hall–Kier alpha value is -1.70. The lowest BCUT2D eigenvalue weighted by molar-refractivity contribution is -0.117. The molecule has 1 amide bonds. The molecule has 0 atom stereocenters. The van der Waals surface area contributed by atoms with Gasteiger partial charge in [0.05, 0.1) is 6.54 Å². The van der Waals surface area contributed by atoms with Crippen LogP contribution < -0.4 is 9.62 Å². The van der Waals surface area contributed by atoms with Crippen LogP contribution in [0.25, 0.3) is 0 Å². The summed E-state index contributed by atoms with van der Waals surface area (Å²) in [6.45, 7) is 6.00. The molecule has 0 fully saturated rings. The van der Waals surface area contributed by atoms with E-state index in [0.29, 0.717) is 6.54 Å². The van der Waals surface area contributed by atoms with E-state index >= 15 is 0 Å². The molecule has 0 aliphatic heterocycles. The number of anilines is 1. The Balaban J connectivity index is 2.08. The molecule has 0 saturated heterocycles. The van der Waals surface area contributed by atoms with Crippen LogP contribution in [0.4, 0.5) is 5.69 Å². The van der Waals surface area contributed by atoms with Crippen LogP contribution in [0.1, 0.15) is 24.3 Å². The molecule has 130 valence electrons. The second kappa shape index (κ2) is 7.92. The van der Waals surface area contributed by atoms with Crippen LogP contribution in [0.3, 0.4) is 0 Å². The zero-order valence-electron chi connectivity index (χ0n) is 14.1. The topological polar surface area (TPSA) is 66.5 Å². The molecule has 7 heteroatoms. The molecule has 1 aromatic heterocycles. The number of nitrogens with zero attached hydrogens (tertiary/aromatic N) is 1. The summed E-state index contributed by atoms with van der Waals surface area (Å²) in [5.74, 6) is -0.279. The molecule has 0 radical (unpaired) electrons. The number of rotatable bonds is 7. The van der Waals surface area contributed by atoms with Crippen LogP contribution in [-0.4, -0.2) is 27.4 Å². The van der Waals surface area contributed by atoms with Gasteiger partial charge in [-0.25, -0.2) is 13.1 Å². The van der Waals surface area contributed by atoms with Crippen molar-refractivity contribution in [3.63, 3.8) is 0 Å². The predicted molar refractivity (Wildman–Crippen MR) is 98.1 cm³/mol. The number of hydrogen-bond acceptors (Lipinski definition) is 4. The Labute approximate surface area is 147 Å². The molecule has 0 unspecified atom stereocenters. The van der Waals surface area contributed by atoms with Gasteiger partial charge in [0.15, 0.2) is 0 Å². The van der Waals surface area contributed by atoms with Gasteiger partial charge in [-0.05, 0) is 50.1 Å². The fraction of sp³-hybridized carbons (Fsp3) is 0.353. The first-order valence-corrected chi connectivity index (χ1v) is 10.1. The zero-order valence-corrected chi connectivity index (χ0v) is 15.7. The monoisotopic (exact) mass is 366 g/mol. The first-order valence-electron chi connectivity index (χ1n) is 7.82. The van der Waals surface area contributed by atoms with Crippen LogP contribution in [0.5, 0.6) is 0 Å². The summed E-state index contributed by atoms with van der Waals surface area (Å²) in [6.07, 6.45) is 0.788. The Morgan fingerprint density at radius 1 is 1.21 bits per heavy atom. The number of benzene rings is 1. The van der Waals surface area contributed by atoms with Crippen molar-refractivity contribution in [1.29, 1.82) is 0 Å². The molecule has 0 saturated carbocycles. The molecule has 5 nitrogen and oxygen atoms in total. The highest BCUT2D eigenvalue weighted by atomic mass is 32.2. The molecule has 0 spiro atoms. The van der Waals surface area contributed by atoms with Gasteiger partial charge >= 0.3 is 0 Å². The lowest BCUT2D eigenvalue weighted by Gasteiger charge is -2.21. The van der Waals surface area contributed by atoms with E-state index in [9.17, 15) is 13.2 Å². The number of amides is 1. The SMILES string of the molecule is CCc1ccc(S(=O)(=O)NCC(=O)N(CC)c2cccc(C)c2)s1. The largest absolute Gasteiger partial charge is 0.312 e. The van der Waals surface area contributed by atoms with E-state index in [1.165, 1.54) is 11.3 Å². The van der Waals surface area contributed by atoms with E-state index < -0.39 is 10.0 Å². The lowest BCUT2D eigenvalue weighted by atomic mass is 10.2. The molecule has 0 aliphatic rings. The first kappa shape index (κ1) is 18.6. The van der Waals surface area contributed by atoms with Gasteiger partial charge in [0.1, 0.15) is 4.21 Å². The van der Waals surface area contributed by atoms with Crippen LogP contribution in [-0.2, 0) is 21.2 Å². The number of sulfonamides is 1. The fourth-order valence-corrected chi connectivity index (χ4v) is 4.63. The number of carbonyl (C=O) groups is 1. The van der Waals surface area contributed by atoms with Crippen LogP contribution in [0.15, 0.2) is 40.6 Å². The molecule has 1 heterocycles. The number of nitrogens with one attached hydrogen (secondary N) is 1. The summed E-state index contributed by atoms with van der Waals surface area (Å²) in [5.41, 5.74) is 1.82. The first-order chi connectivity index (χ1) is 11.4. The van der Waals surface area contributed by atoms with E-state index in [2.05, 4.69) is 4.72 Å². The third kappa shape index (κ3) is 4.43. The Bertz CT molecular complexity index is 813. The number of aryl methyl sites for hydroxylation is 2. The predicted octanol–water partition coefficient (Wildman–Crippen LogP) is 2.95. The minimum atomic E-state index is -3.66. The van der Waals surface area contributed by atoms with Gasteiger partial charge < -0.3 is 4.90 Å². The molecular weight excluding hydrogens is 344 g/mol. The summed E-state index contributed by atoms with van der Waals surface area (Å²) in [7, 11) is -3.66. The second-order valence-corrected chi connectivity index (χ2v) is 8.54. The molecule has 0 bridgehead atoms. The Morgan fingerprint density at radius 3 is 2.54 bits per heavy atom. The number of thiophene rings is 1. The number of likely N-dealkylation sites (N-methyl/N-ethyl adjacent to an activating group) is 1. The molecule has 1 N–H and O–H groups in total. The van der Waals surface area contributed by atoms with E-state index in [-0.39, 0.29) is 16.7 Å². The molecule has 2 aromatic rings. The van der Waals surface area contributed by atoms with Gasteiger partial charge in [0, 0.05) is 17.1 Å². The van der Waals surface area contributed by atoms with Crippen molar-refractivity contribution in [1.82, 2.24) is 4.72 Å². The van der Waals surface area contributed by atoms with Crippen molar-refractivity contribution in [2.75, 3.05) is 18.0 Å². The summed E-state index contributed by atoms with van der Waals surface area (Å²) in [6, 6.07) is 11.0. The third-order valence-corrected chi connectivity index (χ3v) is 6.72. The summed E-state index contributed by atoms with van der Waals surface area (Å²) < 4.78 is 27.2. The fourth-order valence-electron chi connectivity index (χ4n) is 2.31. The number of carbonyl (C=O) groups excluding carboxylic acids is 1. The second-order valence-electron chi connectivity index (χ2n) is 5.38. The Morgan fingerprint density at radius 2 is 1.96 bits per heavy atom. The van der Waals surface area contributed by atoms with Gasteiger partial charge in [-0.3, -0.25) is 4.79 Å². The van der Waals surface area contributed by atoms with Gasteiger partial charge in [-0.1, -0.05) is 19.1 Å². The standard InChI is InChI=1S/C17H22N2O3S2/c1-4-15-9-10-17(23-15)24(21,22)18-12-16(20)19(5-2)14-8-6-7-13(3)11-14/h6-11,18H,4-5,12H2,1-3H3. The normalized spacial score (nSPS) is 11.5. The van der Waals surface area contributed by atoms with Crippen molar-refractivity contribution in [3.8, 4) is 0 Å².